The molecule has 0 unspecified atom stereocenters. The van der Waals surface area contributed by atoms with Crippen molar-refractivity contribution in [2.45, 2.75) is 19.5 Å². The first kappa shape index (κ1) is 14.9. The van der Waals surface area contributed by atoms with Crippen molar-refractivity contribution < 1.29 is 22.7 Å². The van der Waals surface area contributed by atoms with E-state index in [1.165, 1.54) is 0 Å². The molecule has 0 atom stereocenters. The van der Waals surface area contributed by atoms with Gasteiger partial charge in [-0.05, 0) is 25.1 Å². The molecule has 1 aromatic rings. The molecule has 19 heavy (non-hydrogen) atoms. The first-order chi connectivity index (χ1) is 8.84. The van der Waals surface area contributed by atoms with Crippen LogP contribution >= 0.6 is 0 Å². The normalized spacial score (nSPS) is 10.5. The third-order valence-corrected chi connectivity index (χ3v) is 2.11. The van der Waals surface area contributed by atoms with Crippen LogP contribution in [-0.2, 0) is 15.7 Å². The van der Waals surface area contributed by atoms with Crippen molar-refractivity contribution in [3.05, 3.63) is 29.3 Å². The van der Waals surface area contributed by atoms with Crippen molar-refractivity contribution in [1.29, 1.82) is 0 Å². The molecule has 0 amide bonds. The molecule has 0 aliphatic carbocycles. The Hall–Kier alpha value is -2.16. The van der Waals surface area contributed by atoms with Gasteiger partial charge in [-0.15, -0.1) is 0 Å². The molecule has 102 valence electrons. The lowest BCUT2D eigenvalue weighted by atomic mass is 10.1. The molecule has 0 fully saturated rings. The Labute approximate surface area is 108 Å². The minimum atomic E-state index is -4.51. The van der Waals surface area contributed by atoms with Crippen LogP contribution in [0.5, 0.6) is 0 Å². The first-order valence-electron chi connectivity index (χ1n) is 5.45. The molecule has 0 spiro atoms. The van der Waals surface area contributed by atoms with Gasteiger partial charge in [-0.1, -0.05) is 11.8 Å². The fourth-order valence-corrected chi connectivity index (χ4v) is 1.34. The minimum Gasteiger partial charge on any atom is -0.465 e. The third-order valence-electron chi connectivity index (χ3n) is 2.11. The van der Waals surface area contributed by atoms with Crippen molar-refractivity contribution in [1.82, 2.24) is 0 Å². The summed E-state index contributed by atoms with van der Waals surface area (Å²) >= 11 is 0. The third kappa shape index (κ3) is 4.54. The molecular weight excluding hydrogens is 259 g/mol. The summed E-state index contributed by atoms with van der Waals surface area (Å²) in [5.41, 5.74) is 4.47. The van der Waals surface area contributed by atoms with E-state index in [1.807, 2.05) is 0 Å². The average Bonchev–Trinajstić information content (AvgIpc) is 2.27. The van der Waals surface area contributed by atoms with Gasteiger partial charge in [-0.25, -0.2) is 0 Å². The highest BCUT2D eigenvalue weighted by molar-refractivity contribution is 5.72. The Morgan fingerprint density at radius 1 is 1.42 bits per heavy atom. The van der Waals surface area contributed by atoms with E-state index in [4.69, 9.17) is 5.73 Å². The number of ether oxygens (including phenoxy) is 1. The molecule has 1 rings (SSSR count). The molecule has 0 radical (unpaired) electrons. The maximum atomic E-state index is 12.7. The highest BCUT2D eigenvalue weighted by atomic mass is 19.4. The zero-order chi connectivity index (χ0) is 14.5. The lowest BCUT2D eigenvalue weighted by molar-refractivity contribution is -0.141. The molecular formula is C13H12F3NO2. The van der Waals surface area contributed by atoms with Crippen LogP contribution in [0.15, 0.2) is 18.2 Å². The van der Waals surface area contributed by atoms with Gasteiger partial charge in [0.1, 0.15) is 6.42 Å². The largest absolute Gasteiger partial charge is 0.465 e. The molecule has 0 heterocycles. The lowest BCUT2D eigenvalue weighted by Crippen LogP contribution is -2.08. The second-order valence-corrected chi connectivity index (χ2v) is 3.59. The molecule has 3 nitrogen and oxygen atoms in total. The SMILES string of the molecule is CCOC(=O)CC#Cc1cc(N)ccc1C(F)(F)F. The smallest absolute Gasteiger partial charge is 0.417 e. The average molecular weight is 271 g/mol. The summed E-state index contributed by atoms with van der Waals surface area (Å²) in [6.45, 7) is 1.83. The Morgan fingerprint density at radius 3 is 2.68 bits per heavy atom. The monoisotopic (exact) mass is 271 g/mol. The van der Waals surface area contributed by atoms with Gasteiger partial charge in [0.05, 0.1) is 12.2 Å². The topological polar surface area (TPSA) is 52.3 Å². The van der Waals surface area contributed by atoms with E-state index in [0.717, 1.165) is 18.2 Å². The number of nitrogen functional groups attached to an aromatic ring is 1. The van der Waals surface area contributed by atoms with Crippen LogP contribution < -0.4 is 5.73 Å². The van der Waals surface area contributed by atoms with E-state index in [-0.39, 0.29) is 24.3 Å². The lowest BCUT2D eigenvalue weighted by Gasteiger charge is -2.09. The highest BCUT2D eigenvalue weighted by Crippen LogP contribution is 2.32. The number of carbonyl (C=O) groups excluding carboxylic acids is 1. The van der Waals surface area contributed by atoms with Crippen LogP contribution in [0.2, 0.25) is 0 Å². The zero-order valence-electron chi connectivity index (χ0n) is 10.2. The Balaban J connectivity index is 2.97. The van der Waals surface area contributed by atoms with E-state index < -0.39 is 17.7 Å². The van der Waals surface area contributed by atoms with Crippen LogP contribution in [0, 0.1) is 11.8 Å². The number of anilines is 1. The molecule has 0 saturated heterocycles. The number of hydrogen-bond acceptors (Lipinski definition) is 3. The molecule has 0 saturated carbocycles. The van der Waals surface area contributed by atoms with Crippen molar-refractivity contribution in [3.8, 4) is 11.8 Å². The van der Waals surface area contributed by atoms with E-state index in [2.05, 4.69) is 16.6 Å². The summed E-state index contributed by atoms with van der Waals surface area (Å²) in [7, 11) is 0. The van der Waals surface area contributed by atoms with Gasteiger partial charge >= 0.3 is 12.1 Å². The summed E-state index contributed by atoms with van der Waals surface area (Å²) in [4.78, 5) is 11.0. The van der Waals surface area contributed by atoms with E-state index in [0.29, 0.717) is 0 Å². The molecule has 0 aliphatic rings. The van der Waals surface area contributed by atoms with E-state index in [9.17, 15) is 18.0 Å². The molecule has 2 N–H and O–H groups in total. The first-order valence-corrected chi connectivity index (χ1v) is 5.45. The number of carbonyl (C=O) groups is 1. The second-order valence-electron chi connectivity index (χ2n) is 3.59. The van der Waals surface area contributed by atoms with Gasteiger partial charge < -0.3 is 10.5 Å². The van der Waals surface area contributed by atoms with Gasteiger partial charge in [0.15, 0.2) is 0 Å². The van der Waals surface area contributed by atoms with Crippen molar-refractivity contribution >= 4 is 11.7 Å². The van der Waals surface area contributed by atoms with Crippen LogP contribution in [0.25, 0.3) is 0 Å². The molecule has 1 aromatic carbocycles. The molecule has 0 bridgehead atoms. The van der Waals surface area contributed by atoms with Crippen molar-refractivity contribution in [2.24, 2.45) is 0 Å². The maximum absolute atomic E-state index is 12.7. The fourth-order valence-electron chi connectivity index (χ4n) is 1.34. The van der Waals surface area contributed by atoms with E-state index >= 15 is 0 Å². The van der Waals surface area contributed by atoms with Gasteiger partial charge in [0.25, 0.3) is 0 Å². The Bertz CT molecular complexity index is 527. The van der Waals surface area contributed by atoms with E-state index in [1.54, 1.807) is 6.92 Å². The van der Waals surface area contributed by atoms with Crippen LogP contribution in [0.4, 0.5) is 18.9 Å². The molecule has 6 heteroatoms. The predicted octanol–water partition coefficient (Wildman–Crippen LogP) is 2.59. The van der Waals surface area contributed by atoms with Crippen LogP contribution in [-0.4, -0.2) is 12.6 Å². The van der Waals surface area contributed by atoms with Gasteiger partial charge in [0, 0.05) is 11.3 Å². The van der Waals surface area contributed by atoms with Crippen molar-refractivity contribution in [3.63, 3.8) is 0 Å². The summed E-state index contributed by atoms with van der Waals surface area (Å²) in [6.07, 6.45) is -4.78. The molecule has 0 aromatic heterocycles. The van der Waals surface area contributed by atoms with Crippen LogP contribution in [0.1, 0.15) is 24.5 Å². The number of hydrogen-bond donors (Lipinski definition) is 1. The van der Waals surface area contributed by atoms with Gasteiger partial charge in [-0.3, -0.25) is 4.79 Å². The summed E-state index contributed by atoms with van der Waals surface area (Å²) in [5.74, 6) is 4.07. The minimum absolute atomic E-state index is 0.174. The highest BCUT2D eigenvalue weighted by Gasteiger charge is 2.32. The number of benzene rings is 1. The fraction of sp³-hybridized carbons (Fsp3) is 0.308. The maximum Gasteiger partial charge on any atom is 0.417 e. The summed E-state index contributed by atoms with van der Waals surface area (Å²) in [5, 5.41) is 0. The number of halogens is 3. The second kappa shape index (κ2) is 6.14. The Kier molecular flexibility index (Phi) is 4.81. The van der Waals surface area contributed by atoms with Gasteiger partial charge in [-0.2, -0.15) is 13.2 Å². The number of esters is 1. The number of alkyl halides is 3. The van der Waals surface area contributed by atoms with Gasteiger partial charge in [0.2, 0.25) is 0 Å². The number of rotatable bonds is 2. The standard InChI is InChI=1S/C13H12F3NO2/c1-2-19-12(18)5-3-4-9-8-10(17)6-7-11(9)13(14,15)16/h6-8H,2,5,17H2,1H3. The quantitative estimate of drug-likeness (QED) is 0.511. The van der Waals surface area contributed by atoms with Crippen molar-refractivity contribution in [2.75, 3.05) is 12.3 Å². The Morgan fingerprint density at radius 2 is 2.11 bits per heavy atom. The predicted molar refractivity (Wildman–Crippen MR) is 64.0 cm³/mol. The summed E-state index contributed by atoms with van der Waals surface area (Å²) in [6, 6.07) is 3.14. The molecule has 0 aliphatic heterocycles. The number of nitrogens with two attached hydrogens (primary N) is 1. The summed E-state index contributed by atoms with van der Waals surface area (Å²) < 4.78 is 42.7. The van der Waals surface area contributed by atoms with Crippen LogP contribution in [0.3, 0.4) is 0 Å². The zero-order valence-corrected chi connectivity index (χ0v) is 10.2.